The number of piperidine rings is 1. The van der Waals surface area contributed by atoms with Crippen LogP contribution in [0.5, 0.6) is 0 Å². The molecule has 0 radical (unpaired) electrons. The second-order valence-electron chi connectivity index (χ2n) is 8.26. The zero-order valence-electron chi connectivity index (χ0n) is 18.4. The van der Waals surface area contributed by atoms with Crippen molar-refractivity contribution in [1.29, 1.82) is 0 Å². The van der Waals surface area contributed by atoms with Crippen molar-refractivity contribution in [3.8, 4) is 0 Å². The van der Waals surface area contributed by atoms with Crippen LogP contribution in [0.25, 0.3) is 10.9 Å². The molecular weight excluding hydrogens is 362 g/mol. The highest BCUT2D eigenvalue weighted by molar-refractivity contribution is 5.92. The number of H-pyrrole nitrogens is 1. The molecule has 2 N–H and O–H groups in total. The van der Waals surface area contributed by atoms with Crippen LogP contribution in [-0.2, 0) is 11.2 Å². The van der Waals surface area contributed by atoms with Crippen LogP contribution in [0.4, 0.5) is 10.5 Å². The normalized spacial score (nSPS) is 15.7. The van der Waals surface area contributed by atoms with E-state index >= 15 is 0 Å². The number of aryl methyl sites for hydroxylation is 1. The van der Waals surface area contributed by atoms with Gasteiger partial charge in [-0.2, -0.15) is 0 Å². The minimum absolute atomic E-state index is 0.364. The van der Waals surface area contributed by atoms with Crippen LogP contribution < -0.4 is 5.32 Å². The summed E-state index contributed by atoms with van der Waals surface area (Å²) in [5.41, 5.74) is 4.83. The van der Waals surface area contributed by atoms with E-state index in [9.17, 15) is 4.79 Å². The number of carbonyl (C=O) groups excluding carboxylic acids is 1. The smallest absolute Gasteiger partial charge is 0.411 e. The molecule has 29 heavy (non-hydrogen) atoms. The number of amides is 1. The summed E-state index contributed by atoms with van der Waals surface area (Å²) in [6, 6.07) is 6.18. The lowest BCUT2D eigenvalue weighted by Crippen LogP contribution is -2.33. The average Bonchev–Trinajstić information content (AvgIpc) is 3.07. The zero-order chi connectivity index (χ0) is 20.6. The van der Waals surface area contributed by atoms with Crippen molar-refractivity contribution < 1.29 is 9.53 Å². The van der Waals surface area contributed by atoms with Gasteiger partial charge >= 0.3 is 6.09 Å². The van der Waals surface area contributed by atoms with Crippen molar-refractivity contribution in [3.05, 3.63) is 29.5 Å². The Morgan fingerprint density at radius 1 is 1.17 bits per heavy atom. The predicted octanol–water partition coefficient (Wildman–Crippen LogP) is 6.06. The van der Waals surface area contributed by atoms with Gasteiger partial charge in [0.05, 0.1) is 6.61 Å². The minimum atomic E-state index is -0.364. The maximum Gasteiger partial charge on any atom is 0.411 e. The lowest BCUT2D eigenvalue weighted by Gasteiger charge is -2.32. The number of unbranched alkanes of at least 4 members (excludes halogenated alkanes) is 1. The third-order valence-electron chi connectivity index (χ3n) is 5.93. The molecule has 1 amide bonds. The molecule has 1 aliphatic heterocycles. The van der Waals surface area contributed by atoms with Crippen LogP contribution in [0, 0.1) is 0 Å². The molecular formula is C24H37N3O2. The van der Waals surface area contributed by atoms with E-state index in [1.165, 1.54) is 61.1 Å². The van der Waals surface area contributed by atoms with Gasteiger partial charge in [0.25, 0.3) is 0 Å². The predicted molar refractivity (Wildman–Crippen MR) is 121 cm³/mol. The maximum atomic E-state index is 12.1. The van der Waals surface area contributed by atoms with Crippen molar-refractivity contribution in [2.45, 2.75) is 71.6 Å². The van der Waals surface area contributed by atoms with Gasteiger partial charge in [-0.15, -0.1) is 0 Å². The highest BCUT2D eigenvalue weighted by atomic mass is 16.5. The lowest BCUT2D eigenvalue weighted by atomic mass is 9.86. The summed E-state index contributed by atoms with van der Waals surface area (Å²) in [5.74, 6) is 0.588. The number of ether oxygens (including phenoxy) is 1. The van der Waals surface area contributed by atoms with Crippen LogP contribution >= 0.6 is 0 Å². The van der Waals surface area contributed by atoms with E-state index < -0.39 is 0 Å². The van der Waals surface area contributed by atoms with E-state index in [0.29, 0.717) is 12.5 Å². The zero-order valence-corrected chi connectivity index (χ0v) is 18.4. The fourth-order valence-corrected chi connectivity index (χ4v) is 4.48. The number of hydrogen-bond donors (Lipinski definition) is 2. The molecule has 0 spiro atoms. The Bertz CT molecular complexity index is 791. The third-order valence-corrected chi connectivity index (χ3v) is 5.93. The second-order valence-corrected chi connectivity index (χ2v) is 8.26. The van der Waals surface area contributed by atoms with E-state index in [-0.39, 0.29) is 6.09 Å². The summed E-state index contributed by atoms with van der Waals surface area (Å²) in [5, 5.41) is 4.16. The average molecular weight is 400 g/mol. The van der Waals surface area contributed by atoms with Crippen LogP contribution in [0.2, 0.25) is 0 Å². The van der Waals surface area contributed by atoms with Crippen molar-refractivity contribution in [1.82, 2.24) is 9.88 Å². The molecule has 0 unspecified atom stereocenters. The SMILES string of the molecule is CCCCOC(=O)Nc1ccc2[nH]c(CCC)c(C3CCN(CCC)CC3)c2c1. The minimum Gasteiger partial charge on any atom is -0.449 e. The number of aromatic nitrogens is 1. The highest BCUT2D eigenvalue weighted by Crippen LogP contribution is 2.37. The van der Waals surface area contributed by atoms with Gasteiger partial charge in [-0.1, -0.05) is 33.6 Å². The maximum absolute atomic E-state index is 12.1. The van der Waals surface area contributed by atoms with Gasteiger partial charge < -0.3 is 14.6 Å². The molecule has 0 atom stereocenters. The van der Waals surface area contributed by atoms with Gasteiger partial charge in [-0.05, 0) is 81.4 Å². The van der Waals surface area contributed by atoms with Gasteiger partial charge in [0.1, 0.15) is 0 Å². The van der Waals surface area contributed by atoms with Gasteiger partial charge in [-0.3, -0.25) is 5.32 Å². The van der Waals surface area contributed by atoms with Gasteiger partial charge in [-0.25, -0.2) is 4.79 Å². The number of benzene rings is 1. The molecule has 0 aliphatic carbocycles. The van der Waals surface area contributed by atoms with E-state index in [1.807, 2.05) is 6.07 Å². The summed E-state index contributed by atoms with van der Waals surface area (Å²) >= 11 is 0. The van der Waals surface area contributed by atoms with Crippen LogP contribution in [0.3, 0.4) is 0 Å². The first kappa shape index (κ1) is 21.7. The van der Waals surface area contributed by atoms with E-state index in [4.69, 9.17) is 4.74 Å². The first-order valence-corrected chi connectivity index (χ1v) is 11.5. The largest absolute Gasteiger partial charge is 0.449 e. The van der Waals surface area contributed by atoms with E-state index in [1.54, 1.807) is 0 Å². The molecule has 5 heteroatoms. The topological polar surface area (TPSA) is 57.4 Å². The monoisotopic (exact) mass is 399 g/mol. The molecule has 0 bridgehead atoms. The molecule has 2 aromatic rings. The summed E-state index contributed by atoms with van der Waals surface area (Å²) in [7, 11) is 0. The highest BCUT2D eigenvalue weighted by Gasteiger charge is 2.25. The Morgan fingerprint density at radius 2 is 1.97 bits per heavy atom. The third kappa shape index (κ3) is 5.53. The second kappa shape index (κ2) is 10.7. The molecule has 5 nitrogen and oxygen atoms in total. The van der Waals surface area contributed by atoms with E-state index in [0.717, 1.165) is 31.4 Å². The summed E-state index contributed by atoms with van der Waals surface area (Å²) < 4.78 is 5.26. The van der Waals surface area contributed by atoms with Gasteiger partial charge in [0.2, 0.25) is 0 Å². The summed E-state index contributed by atoms with van der Waals surface area (Å²) in [6.45, 7) is 10.6. The lowest BCUT2D eigenvalue weighted by molar-refractivity contribution is 0.160. The van der Waals surface area contributed by atoms with Gasteiger partial charge in [0.15, 0.2) is 0 Å². The Labute approximate surface area is 175 Å². The molecule has 1 fully saturated rings. The number of carbonyl (C=O) groups is 1. The van der Waals surface area contributed by atoms with E-state index in [2.05, 4.69) is 48.1 Å². The number of hydrogen-bond acceptors (Lipinski definition) is 3. The van der Waals surface area contributed by atoms with Crippen molar-refractivity contribution in [3.63, 3.8) is 0 Å². The summed E-state index contributed by atoms with van der Waals surface area (Å²) in [6.07, 6.45) is 7.39. The quantitative estimate of drug-likeness (QED) is 0.504. The molecule has 160 valence electrons. The van der Waals surface area contributed by atoms with Crippen LogP contribution in [-0.4, -0.2) is 42.2 Å². The van der Waals surface area contributed by atoms with Crippen molar-refractivity contribution >= 4 is 22.7 Å². The molecule has 1 aromatic carbocycles. The molecule has 1 aliphatic rings. The Morgan fingerprint density at radius 3 is 2.66 bits per heavy atom. The van der Waals surface area contributed by atoms with Gasteiger partial charge in [0, 0.05) is 22.3 Å². The number of nitrogens with zero attached hydrogens (tertiary/aromatic N) is 1. The van der Waals surface area contributed by atoms with Crippen molar-refractivity contribution in [2.24, 2.45) is 0 Å². The number of likely N-dealkylation sites (tertiary alicyclic amines) is 1. The number of nitrogens with one attached hydrogen (secondary N) is 2. The number of fused-ring (bicyclic) bond motifs is 1. The first-order chi connectivity index (χ1) is 14.2. The molecule has 2 heterocycles. The Kier molecular flexibility index (Phi) is 7.99. The number of rotatable bonds is 9. The fourth-order valence-electron chi connectivity index (χ4n) is 4.48. The first-order valence-electron chi connectivity index (χ1n) is 11.5. The summed E-state index contributed by atoms with van der Waals surface area (Å²) in [4.78, 5) is 18.3. The number of anilines is 1. The molecule has 1 aromatic heterocycles. The van der Waals surface area contributed by atoms with Crippen molar-refractivity contribution in [2.75, 3.05) is 31.6 Å². The Balaban J connectivity index is 1.81. The fraction of sp³-hybridized carbons (Fsp3) is 0.625. The van der Waals surface area contributed by atoms with Crippen LogP contribution in [0.1, 0.15) is 76.5 Å². The van der Waals surface area contributed by atoms with Crippen LogP contribution in [0.15, 0.2) is 18.2 Å². The Hall–Kier alpha value is -2.01. The molecule has 3 rings (SSSR count). The molecule has 1 saturated heterocycles. The standard InChI is InChI=1S/C24H37N3O2/c1-4-7-16-29-24(28)25-19-9-10-21-20(17-19)23(22(26-21)8-5-2)18-11-14-27(13-6-3)15-12-18/h9-10,17-18,26H,4-8,11-16H2,1-3H3,(H,25,28). The molecule has 0 saturated carbocycles. The number of aromatic amines is 1.